The first kappa shape index (κ1) is 12.4. The molecule has 0 saturated carbocycles. The Balaban J connectivity index is 2.41. The van der Waals surface area contributed by atoms with Gasteiger partial charge < -0.3 is 0 Å². The first-order valence-corrected chi connectivity index (χ1v) is 7.32. The molecule has 0 radical (unpaired) electrons. The average Bonchev–Trinajstić information content (AvgIpc) is 2.58. The topological polar surface area (TPSA) is 37.4 Å². The first-order chi connectivity index (χ1) is 7.92. The number of benzene rings is 1. The zero-order chi connectivity index (χ0) is 12.6. The van der Waals surface area contributed by atoms with Gasteiger partial charge in [-0.3, -0.25) is 4.31 Å². The molecule has 1 aliphatic rings. The van der Waals surface area contributed by atoms with Crippen LogP contribution in [0.4, 0.5) is 10.1 Å². The Hall–Kier alpha value is -1.10. The number of halogens is 1. The first-order valence-electron chi connectivity index (χ1n) is 5.71. The van der Waals surface area contributed by atoms with E-state index in [0.29, 0.717) is 13.0 Å². The summed E-state index contributed by atoms with van der Waals surface area (Å²) in [5.74, 6) is -0.117. The molecule has 1 aromatic rings. The molecular formula is C12H16FNO2S. The molecule has 2 rings (SSSR count). The summed E-state index contributed by atoms with van der Waals surface area (Å²) in [6.07, 6.45) is 0.563. The van der Waals surface area contributed by atoms with Gasteiger partial charge in [-0.2, -0.15) is 0 Å². The lowest BCUT2D eigenvalue weighted by molar-refractivity contribution is 0.594. The number of hydrogen-bond donors (Lipinski definition) is 0. The molecular weight excluding hydrogens is 241 g/mol. The summed E-state index contributed by atoms with van der Waals surface area (Å²) in [6, 6.07) is 4.78. The van der Waals surface area contributed by atoms with Crippen LogP contribution in [0.5, 0.6) is 0 Å². The van der Waals surface area contributed by atoms with Crippen LogP contribution in [0.25, 0.3) is 0 Å². The Kier molecular flexibility index (Phi) is 3.12. The fourth-order valence-corrected chi connectivity index (χ4v) is 3.56. The van der Waals surface area contributed by atoms with Gasteiger partial charge in [0.05, 0.1) is 11.4 Å². The molecule has 1 saturated heterocycles. The quantitative estimate of drug-likeness (QED) is 0.816. The number of hydrogen-bond acceptors (Lipinski definition) is 2. The second-order valence-electron chi connectivity index (χ2n) is 4.61. The van der Waals surface area contributed by atoms with Gasteiger partial charge in [-0.05, 0) is 30.0 Å². The minimum atomic E-state index is -3.30. The normalized spacial score (nSPS) is 18.9. The van der Waals surface area contributed by atoms with Gasteiger partial charge in [0, 0.05) is 6.54 Å². The van der Waals surface area contributed by atoms with Crippen LogP contribution in [0.1, 0.15) is 31.7 Å². The molecule has 0 aliphatic carbocycles. The summed E-state index contributed by atoms with van der Waals surface area (Å²) >= 11 is 0. The summed E-state index contributed by atoms with van der Waals surface area (Å²) in [5.41, 5.74) is 1.05. The van der Waals surface area contributed by atoms with Crippen molar-refractivity contribution in [2.75, 3.05) is 16.6 Å². The fourth-order valence-electron chi connectivity index (χ4n) is 1.99. The predicted molar refractivity (Wildman–Crippen MR) is 66.2 cm³/mol. The Bertz CT molecular complexity index is 525. The van der Waals surface area contributed by atoms with E-state index in [4.69, 9.17) is 0 Å². The minimum absolute atomic E-state index is 0.109. The Labute approximate surface area is 101 Å². The minimum Gasteiger partial charge on any atom is -0.267 e. The molecule has 0 N–H and O–H groups in total. The van der Waals surface area contributed by atoms with Crippen molar-refractivity contribution in [1.82, 2.24) is 0 Å². The molecule has 0 unspecified atom stereocenters. The van der Waals surface area contributed by atoms with Crippen LogP contribution < -0.4 is 4.31 Å². The highest BCUT2D eigenvalue weighted by Crippen LogP contribution is 2.29. The number of rotatable bonds is 2. The van der Waals surface area contributed by atoms with E-state index in [0.717, 1.165) is 5.56 Å². The third-order valence-electron chi connectivity index (χ3n) is 3.01. The van der Waals surface area contributed by atoms with Crippen LogP contribution >= 0.6 is 0 Å². The van der Waals surface area contributed by atoms with Gasteiger partial charge >= 0.3 is 0 Å². The van der Waals surface area contributed by atoms with Gasteiger partial charge in [0.2, 0.25) is 10.0 Å². The number of anilines is 1. The average molecular weight is 257 g/mol. The summed E-state index contributed by atoms with van der Waals surface area (Å²) in [6.45, 7) is 4.32. The van der Waals surface area contributed by atoms with Crippen LogP contribution in [-0.2, 0) is 10.0 Å². The van der Waals surface area contributed by atoms with E-state index in [1.54, 1.807) is 12.1 Å². The Morgan fingerprint density at radius 2 is 2.06 bits per heavy atom. The van der Waals surface area contributed by atoms with Crippen molar-refractivity contribution in [2.45, 2.75) is 26.2 Å². The fraction of sp³-hybridized carbons (Fsp3) is 0.500. The maximum Gasteiger partial charge on any atom is 0.235 e. The highest BCUT2D eigenvalue weighted by atomic mass is 32.2. The molecule has 1 fully saturated rings. The van der Waals surface area contributed by atoms with Gasteiger partial charge in [-0.1, -0.05) is 19.9 Å². The van der Waals surface area contributed by atoms with Crippen LogP contribution in [0, 0.1) is 5.82 Å². The van der Waals surface area contributed by atoms with Crippen LogP contribution in [0.3, 0.4) is 0 Å². The summed E-state index contributed by atoms with van der Waals surface area (Å²) in [7, 11) is -3.30. The summed E-state index contributed by atoms with van der Waals surface area (Å²) in [5, 5.41) is 0. The van der Waals surface area contributed by atoms with Crippen molar-refractivity contribution < 1.29 is 12.8 Å². The van der Waals surface area contributed by atoms with E-state index in [9.17, 15) is 12.8 Å². The molecule has 17 heavy (non-hydrogen) atoms. The van der Waals surface area contributed by atoms with E-state index >= 15 is 0 Å². The molecule has 0 atom stereocenters. The van der Waals surface area contributed by atoms with Gasteiger partial charge in [0.25, 0.3) is 0 Å². The molecule has 3 nitrogen and oxygen atoms in total. The van der Waals surface area contributed by atoms with Gasteiger partial charge in [0.15, 0.2) is 0 Å². The van der Waals surface area contributed by atoms with Crippen molar-refractivity contribution in [3.63, 3.8) is 0 Å². The lowest BCUT2D eigenvalue weighted by Gasteiger charge is -2.18. The van der Waals surface area contributed by atoms with Crippen molar-refractivity contribution in [2.24, 2.45) is 0 Å². The van der Waals surface area contributed by atoms with Crippen molar-refractivity contribution in [3.8, 4) is 0 Å². The van der Waals surface area contributed by atoms with Gasteiger partial charge in [0.1, 0.15) is 5.82 Å². The van der Waals surface area contributed by atoms with Crippen LogP contribution in [-0.4, -0.2) is 20.7 Å². The van der Waals surface area contributed by atoms with Crippen molar-refractivity contribution >= 4 is 15.7 Å². The molecule has 1 aliphatic heterocycles. The van der Waals surface area contributed by atoms with E-state index in [2.05, 4.69) is 0 Å². The van der Waals surface area contributed by atoms with Crippen LogP contribution in [0.2, 0.25) is 0 Å². The Morgan fingerprint density at radius 1 is 1.35 bits per heavy atom. The standard InChI is InChI=1S/C12H16FNO2S/c1-9(2)10-4-5-12(11(13)8-10)14-6-3-7-17(14,15)16/h4-5,8-9H,3,6-7H2,1-2H3. The highest BCUT2D eigenvalue weighted by molar-refractivity contribution is 7.93. The summed E-state index contributed by atoms with van der Waals surface area (Å²) in [4.78, 5) is 0. The largest absolute Gasteiger partial charge is 0.267 e. The predicted octanol–water partition coefficient (Wildman–Crippen LogP) is 2.49. The third-order valence-corrected chi connectivity index (χ3v) is 4.86. The van der Waals surface area contributed by atoms with Gasteiger partial charge in [-0.25, -0.2) is 12.8 Å². The van der Waals surface area contributed by atoms with Crippen molar-refractivity contribution in [1.29, 1.82) is 0 Å². The Morgan fingerprint density at radius 3 is 2.53 bits per heavy atom. The molecule has 0 amide bonds. The highest BCUT2D eigenvalue weighted by Gasteiger charge is 2.30. The van der Waals surface area contributed by atoms with Gasteiger partial charge in [-0.15, -0.1) is 0 Å². The third kappa shape index (κ3) is 2.29. The SMILES string of the molecule is CC(C)c1ccc(N2CCCS2(=O)=O)c(F)c1. The number of nitrogens with zero attached hydrogens (tertiary/aromatic N) is 1. The molecule has 0 spiro atoms. The number of sulfonamides is 1. The maximum absolute atomic E-state index is 13.9. The molecule has 5 heteroatoms. The zero-order valence-corrected chi connectivity index (χ0v) is 10.8. The molecule has 94 valence electrons. The lowest BCUT2D eigenvalue weighted by atomic mass is 10.0. The molecule has 0 bridgehead atoms. The second-order valence-corrected chi connectivity index (χ2v) is 6.62. The van der Waals surface area contributed by atoms with E-state index in [1.165, 1.54) is 10.4 Å². The smallest absolute Gasteiger partial charge is 0.235 e. The lowest BCUT2D eigenvalue weighted by Crippen LogP contribution is -2.26. The van der Waals surface area contributed by atoms with Crippen LogP contribution in [0.15, 0.2) is 18.2 Å². The van der Waals surface area contributed by atoms with E-state index < -0.39 is 15.8 Å². The second kappa shape index (κ2) is 4.29. The molecule has 1 aromatic carbocycles. The maximum atomic E-state index is 13.9. The monoisotopic (exact) mass is 257 g/mol. The zero-order valence-electron chi connectivity index (χ0n) is 9.98. The van der Waals surface area contributed by atoms with Crippen molar-refractivity contribution in [3.05, 3.63) is 29.6 Å². The van der Waals surface area contributed by atoms with E-state index in [1.807, 2.05) is 13.8 Å². The summed E-state index contributed by atoms with van der Waals surface area (Å²) < 4.78 is 38.5. The molecule has 0 aromatic heterocycles. The molecule has 1 heterocycles. The van der Waals surface area contributed by atoms with E-state index in [-0.39, 0.29) is 17.4 Å².